The fourth-order valence-corrected chi connectivity index (χ4v) is 1.48. The molecule has 0 bridgehead atoms. The van der Waals surface area contributed by atoms with Gasteiger partial charge in [0, 0.05) is 13.6 Å². The van der Waals surface area contributed by atoms with Crippen LogP contribution >= 0.6 is 0 Å². The summed E-state index contributed by atoms with van der Waals surface area (Å²) >= 11 is 0. The van der Waals surface area contributed by atoms with Crippen molar-refractivity contribution in [2.24, 2.45) is 0 Å². The summed E-state index contributed by atoms with van der Waals surface area (Å²) in [7, 11) is 1.53. The van der Waals surface area contributed by atoms with Gasteiger partial charge in [-0.15, -0.1) is 0 Å². The number of likely N-dealkylation sites (N-methyl/N-ethyl adjacent to an activating group) is 1. The predicted octanol–water partition coefficient (Wildman–Crippen LogP) is -0.180. The molecular formula is C13H18FN3O2. The molecule has 0 radical (unpaired) electrons. The molecule has 0 saturated heterocycles. The quantitative estimate of drug-likeness (QED) is 0.642. The van der Waals surface area contributed by atoms with Crippen molar-refractivity contribution in [1.29, 1.82) is 0 Å². The van der Waals surface area contributed by atoms with Crippen LogP contribution in [-0.2, 0) is 16.0 Å². The fourth-order valence-electron chi connectivity index (χ4n) is 1.48. The summed E-state index contributed by atoms with van der Waals surface area (Å²) in [4.78, 5) is 22.3. The molecule has 6 heteroatoms. The van der Waals surface area contributed by atoms with E-state index in [4.69, 9.17) is 0 Å². The summed E-state index contributed by atoms with van der Waals surface area (Å²) in [6, 6.07) is 6.46. The van der Waals surface area contributed by atoms with E-state index in [-0.39, 0.29) is 30.7 Å². The monoisotopic (exact) mass is 267 g/mol. The molecule has 0 heterocycles. The molecule has 104 valence electrons. The van der Waals surface area contributed by atoms with Crippen molar-refractivity contribution >= 4 is 11.8 Å². The Bertz CT molecular complexity index is 438. The summed E-state index contributed by atoms with van der Waals surface area (Å²) < 4.78 is 13.3. The van der Waals surface area contributed by atoms with Gasteiger partial charge in [0.05, 0.1) is 13.1 Å². The number of hydrogen-bond donors (Lipinski definition) is 3. The van der Waals surface area contributed by atoms with Crippen molar-refractivity contribution in [3.63, 3.8) is 0 Å². The molecule has 0 saturated carbocycles. The highest BCUT2D eigenvalue weighted by atomic mass is 19.1. The second-order valence-corrected chi connectivity index (χ2v) is 3.97. The van der Waals surface area contributed by atoms with Gasteiger partial charge in [0.15, 0.2) is 0 Å². The van der Waals surface area contributed by atoms with E-state index < -0.39 is 0 Å². The smallest absolute Gasteiger partial charge is 0.233 e. The van der Waals surface area contributed by atoms with Crippen LogP contribution in [0.5, 0.6) is 0 Å². The highest BCUT2D eigenvalue weighted by Crippen LogP contribution is 2.05. The highest BCUT2D eigenvalue weighted by molar-refractivity contribution is 5.80. The highest BCUT2D eigenvalue weighted by Gasteiger charge is 2.04. The molecule has 0 aromatic heterocycles. The normalized spacial score (nSPS) is 10.0. The Kier molecular flexibility index (Phi) is 6.52. The van der Waals surface area contributed by atoms with Crippen molar-refractivity contribution < 1.29 is 14.0 Å². The minimum atomic E-state index is -0.269. The van der Waals surface area contributed by atoms with E-state index in [2.05, 4.69) is 16.0 Å². The van der Waals surface area contributed by atoms with Crippen LogP contribution in [0.1, 0.15) is 5.56 Å². The lowest BCUT2D eigenvalue weighted by Crippen LogP contribution is -2.39. The van der Waals surface area contributed by atoms with Crippen LogP contribution in [0.2, 0.25) is 0 Å². The molecule has 0 spiro atoms. The maximum Gasteiger partial charge on any atom is 0.233 e. The third-order valence-corrected chi connectivity index (χ3v) is 2.52. The standard InChI is InChI=1S/C13H18FN3O2/c1-15-12(18)8-16-9-13(19)17-7-6-10-4-2-3-5-11(10)14/h2-5,16H,6-9H2,1H3,(H,15,18)(H,17,19). The van der Waals surface area contributed by atoms with Gasteiger partial charge in [0.25, 0.3) is 0 Å². The first kappa shape index (κ1) is 15.1. The van der Waals surface area contributed by atoms with E-state index in [9.17, 15) is 14.0 Å². The van der Waals surface area contributed by atoms with E-state index in [0.717, 1.165) is 0 Å². The second-order valence-electron chi connectivity index (χ2n) is 3.97. The number of hydrogen-bond acceptors (Lipinski definition) is 3. The van der Waals surface area contributed by atoms with Gasteiger partial charge in [-0.2, -0.15) is 0 Å². The molecule has 19 heavy (non-hydrogen) atoms. The fraction of sp³-hybridized carbons (Fsp3) is 0.385. The third kappa shape index (κ3) is 5.96. The van der Waals surface area contributed by atoms with Gasteiger partial charge in [-0.1, -0.05) is 18.2 Å². The second kappa shape index (κ2) is 8.20. The average Bonchev–Trinajstić information content (AvgIpc) is 2.40. The summed E-state index contributed by atoms with van der Waals surface area (Å²) in [6.45, 7) is 0.517. The molecule has 0 aliphatic carbocycles. The lowest BCUT2D eigenvalue weighted by atomic mass is 10.1. The topological polar surface area (TPSA) is 70.2 Å². The largest absolute Gasteiger partial charge is 0.358 e. The Morgan fingerprint density at radius 1 is 1.16 bits per heavy atom. The maximum absolute atomic E-state index is 13.3. The number of carbonyl (C=O) groups is 2. The zero-order valence-corrected chi connectivity index (χ0v) is 10.8. The molecule has 1 aromatic rings. The zero-order chi connectivity index (χ0) is 14.1. The Hall–Kier alpha value is -1.95. The predicted molar refractivity (Wildman–Crippen MR) is 70.1 cm³/mol. The van der Waals surface area contributed by atoms with Crippen LogP contribution in [0.4, 0.5) is 4.39 Å². The summed E-state index contributed by atoms with van der Waals surface area (Å²) in [5.74, 6) is -0.672. The Balaban J connectivity index is 2.17. The minimum absolute atomic E-state index is 0.0602. The molecule has 3 N–H and O–H groups in total. The molecule has 0 fully saturated rings. The Morgan fingerprint density at radius 2 is 1.84 bits per heavy atom. The molecule has 5 nitrogen and oxygen atoms in total. The number of nitrogens with one attached hydrogen (secondary N) is 3. The molecule has 0 aliphatic heterocycles. The Labute approximate surface area is 111 Å². The first-order valence-electron chi connectivity index (χ1n) is 6.05. The van der Waals surface area contributed by atoms with Crippen molar-refractivity contribution in [3.05, 3.63) is 35.6 Å². The third-order valence-electron chi connectivity index (χ3n) is 2.52. The lowest BCUT2D eigenvalue weighted by Gasteiger charge is -2.07. The molecule has 1 rings (SSSR count). The van der Waals surface area contributed by atoms with E-state index in [1.807, 2.05) is 0 Å². The van der Waals surface area contributed by atoms with Crippen LogP contribution in [0.3, 0.4) is 0 Å². The van der Waals surface area contributed by atoms with Crippen LogP contribution in [-0.4, -0.2) is 38.5 Å². The zero-order valence-electron chi connectivity index (χ0n) is 10.8. The van der Waals surface area contributed by atoms with Crippen molar-refractivity contribution in [1.82, 2.24) is 16.0 Å². The van der Waals surface area contributed by atoms with Gasteiger partial charge in [0.2, 0.25) is 11.8 Å². The Morgan fingerprint density at radius 3 is 2.53 bits per heavy atom. The van der Waals surface area contributed by atoms with Gasteiger partial charge in [-0.25, -0.2) is 4.39 Å². The summed E-state index contributed by atoms with van der Waals surface area (Å²) in [6.07, 6.45) is 0.438. The van der Waals surface area contributed by atoms with E-state index >= 15 is 0 Å². The minimum Gasteiger partial charge on any atom is -0.358 e. The maximum atomic E-state index is 13.3. The van der Waals surface area contributed by atoms with Gasteiger partial charge in [-0.05, 0) is 18.1 Å². The molecule has 0 aliphatic rings. The van der Waals surface area contributed by atoms with Crippen LogP contribution in [0.25, 0.3) is 0 Å². The number of rotatable bonds is 7. The molecule has 1 aromatic carbocycles. The lowest BCUT2D eigenvalue weighted by molar-refractivity contribution is -0.121. The number of amides is 2. The van der Waals surface area contributed by atoms with Crippen LogP contribution < -0.4 is 16.0 Å². The SMILES string of the molecule is CNC(=O)CNCC(=O)NCCc1ccccc1F. The van der Waals surface area contributed by atoms with Crippen molar-refractivity contribution in [2.75, 3.05) is 26.7 Å². The van der Waals surface area contributed by atoms with Crippen molar-refractivity contribution in [3.8, 4) is 0 Å². The molecule has 0 unspecified atom stereocenters. The number of carbonyl (C=O) groups excluding carboxylic acids is 2. The van der Waals surface area contributed by atoms with E-state index in [1.54, 1.807) is 18.2 Å². The molecular weight excluding hydrogens is 249 g/mol. The first-order chi connectivity index (χ1) is 9.13. The summed E-state index contributed by atoms with van der Waals surface area (Å²) in [5.41, 5.74) is 0.570. The van der Waals surface area contributed by atoms with E-state index in [0.29, 0.717) is 18.5 Å². The van der Waals surface area contributed by atoms with Crippen LogP contribution in [0, 0.1) is 5.82 Å². The van der Waals surface area contributed by atoms with Gasteiger partial charge in [-0.3, -0.25) is 14.9 Å². The van der Waals surface area contributed by atoms with Gasteiger partial charge < -0.3 is 10.6 Å². The summed E-state index contributed by atoms with van der Waals surface area (Å²) in [5, 5.41) is 7.78. The van der Waals surface area contributed by atoms with Gasteiger partial charge in [0.1, 0.15) is 5.82 Å². The molecule has 2 amide bonds. The van der Waals surface area contributed by atoms with Gasteiger partial charge >= 0.3 is 0 Å². The number of halogens is 1. The van der Waals surface area contributed by atoms with Crippen molar-refractivity contribution in [2.45, 2.75) is 6.42 Å². The average molecular weight is 267 g/mol. The number of benzene rings is 1. The van der Waals surface area contributed by atoms with Crippen LogP contribution in [0.15, 0.2) is 24.3 Å². The molecule has 0 atom stereocenters. The van der Waals surface area contributed by atoms with E-state index in [1.165, 1.54) is 13.1 Å². The first-order valence-corrected chi connectivity index (χ1v) is 6.05.